The standard InChI is InChI=1S/C19H22BrNO4/c1-13-11-15(7-8-16(13)20)18(23)17(22)9-10-21-19(24)25-12-14-5-3-2-4-6-14/h2-8,11,17-18,22-23H,9-10,12H2,1H3,(H,21,24). The maximum atomic E-state index is 11.6. The highest BCUT2D eigenvalue weighted by molar-refractivity contribution is 9.10. The van der Waals surface area contributed by atoms with Gasteiger partial charge in [-0.2, -0.15) is 0 Å². The zero-order valence-electron chi connectivity index (χ0n) is 14.0. The molecule has 0 aliphatic rings. The van der Waals surface area contributed by atoms with E-state index in [1.165, 1.54) is 0 Å². The van der Waals surface area contributed by atoms with Gasteiger partial charge in [-0.1, -0.05) is 58.4 Å². The Bertz CT molecular complexity index is 693. The van der Waals surface area contributed by atoms with Crippen LogP contribution in [0.4, 0.5) is 4.79 Å². The van der Waals surface area contributed by atoms with Crippen molar-refractivity contribution in [2.75, 3.05) is 6.54 Å². The SMILES string of the molecule is Cc1cc(C(O)C(O)CCNC(=O)OCc2ccccc2)ccc1Br. The molecule has 25 heavy (non-hydrogen) atoms. The predicted molar refractivity (Wildman–Crippen MR) is 99.1 cm³/mol. The first-order valence-corrected chi connectivity index (χ1v) is 8.83. The molecule has 0 bridgehead atoms. The van der Waals surface area contributed by atoms with Crippen molar-refractivity contribution in [3.8, 4) is 0 Å². The number of aliphatic hydroxyl groups is 2. The van der Waals surface area contributed by atoms with Crippen LogP contribution in [0, 0.1) is 6.92 Å². The van der Waals surface area contributed by atoms with Crippen molar-refractivity contribution in [2.24, 2.45) is 0 Å². The van der Waals surface area contributed by atoms with Crippen molar-refractivity contribution in [1.82, 2.24) is 5.32 Å². The first-order chi connectivity index (χ1) is 12.0. The number of halogens is 1. The molecule has 6 heteroatoms. The molecule has 0 aliphatic heterocycles. The molecule has 134 valence electrons. The average molecular weight is 408 g/mol. The number of nitrogens with one attached hydrogen (secondary N) is 1. The zero-order valence-corrected chi connectivity index (χ0v) is 15.6. The van der Waals surface area contributed by atoms with Crippen molar-refractivity contribution >= 4 is 22.0 Å². The molecule has 0 heterocycles. The van der Waals surface area contributed by atoms with Gasteiger partial charge in [0.2, 0.25) is 0 Å². The largest absolute Gasteiger partial charge is 0.445 e. The molecule has 2 rings (SSSR count). The summed E-state index contributed by atoms with van der Waals surface area (Å²) in [7, 11) is 0. The normalized spacial score (nSPS) is 13.1. The number of hydrogen-bond acceptors (Lipinski definition) is 4. The Hall–Kier alpha value is -1.89. The number of benzene rings is 2. The van der Waals surface area contributed by atoms with Gasteiger partial charge in [0.1, 0.15) is 12.7 Å². The van der Waals surface area contributed by atoms with Gasteiger partial charge in [0.15, 0.2) is 0 Å². The Labute approximate surface area is 155 Å². The van der Waals surface area contributed by atoms with Crippen LogP contribution in [0.15, 0.2) is 53.0 Å². The van der Waals surface area contributed by atoms with Crippen molar-refractivity contribution in [2.45, 2.75) is 32.2 Å². The lowest BCUT2D eigenvalue weighted by Crippen LogP contribution is -2.29. The second-order valence-corrected chi connectivity index (χ2v) is 6.65. The third-order valence-electron chi connectivity index (χ3n) is 3.81. The van der Waals surface area contributed by atoms with E-state index in [4.69, 9.17) is 4.74 Å². The van der Waals surface area contributed by atoms with E-state index in [-0.39, 0.29) is 19.6 Å². The maximum absolute atomic E-state index is 11.6. The van der Waals surface area contributed by atoms with Gasteiger partial charge in [0, 0.05) is 11.0 Å². The van der Waals surface area contributed by atoms with Crippen LogP contribution in [-0.2, 0) is 11.3 Å². The van der Waals surface area contributed by atoms with Crippen molar-refractivity contribution in [1.29, 1.82) is 0 Å². The Kier molecular flexibility index (Phi) is 7.43. The molecule has 0 radical (unpaired) electrons. The highest BCUT2D eigenvalue weighted by Gasteiger charge is 2.19. The summed E-state index contributed by atoms with van der Waals surface area (Å²) in [6, 6.07) is 14.8. The summed E-state index contributed by atoms with van der Waals surface area (Å²) in [5.41, 5.74) is 2.52. The molecule has 2 atom stereocenters. The first kappa shape index (κ1) is 19.4. The molecule has 0 saturated heterocycles. The summed E-state index contributed by atoms with van der Waals surface area (Å²) in [6.45, 7) is 2.31. The van der Waals surface area contributed by atoms with Gasteiger partial charge in [-0.3, -0.25) is 0 Å². The van der Waals surface area contributed by atoms with Gasteiger partial charge in [-0.25, -0.2) is 4.79 Å². The third-order valence-corrected chi connectivity index (χ3v) is 4.70. The zero-order chi connectivity index (χ0) is 18.2. The number of ether oxygens (including phenoxy) is 1. The van der Waals surface area contributed by atoms with Gasteiger partial charge in [0.25, 0.3) is 0 Å². The number of aliphatic hydroxyl groups excluding tert-OH is 2. The molecule has 2 unspecified atom stereocenters. The van der Waals surface area contributed by atoms with Crippen LogP contribution >= 0.6 is 15.9 Å². The molecule has 2 aromatic carbocycles. The summed E-state index contributed by atoms with van der Waals surface area (Å²) in [5.74, 6) is 0. The monoisotopic (exact) mass is 407 g/mol. The van der Waals surface area contributed by atoms with E-state index in [0.717, 1.165) is 15.6 Å². The molecule has 0 saturated carbocycles. The van der Waals surface area contributed by atoms with E-state index in [0.29, 0.717) is 5.56 Å². The molecule has 0 fully saturated rings. The smallest absolute Gasteiger partial charge is 0.407 e. The minimum atomic E-state index is -1.01. The summed E-state index contributed by atoms with van der Waals surface area (Å²) in [5, 5.41) is 22.9. The fourth-order valence-corrected chi connectivity index (χ4v) is 2.57. The van der Waals surface area contributed by atoms with Gasteiger partial charge in [0.05, 0.1) is 6.10 Å². The first-order valence-electron chi connectivity index (χ1n) is 8.04. The molecule has 2 aromatic rings. The van der Waals surface area contributed by atoms with E-state index in [9.17, 15) is 15.0 Å². The van der Waals surface area contributed by atoms with Gasteiger partial charge in [-0.15, -0.1) is 0 Å². The molecule has 0 aromatic heterocycles. The second kappa shape index (κ2) is 9.56. The quantitative estimate of drug-likeness (QED) is 0.656. The molecule has 0 aliphatic carbocycles. The van der Waals surface area contributed by atoms with E-state index in [1.807, 2.05) is 49.4 Å². The number of amides is 1. The van der Waals surface area contributed by atoms with E-state index < -0.39 is 18.3 Å². The molecular weight excluding hydrogens is 386 g/mol. The van der Waals surface area contributed by atoms with Crippen LogP contribution in [0.1, 0.15) is 29.2 Å². The molecular formula is C19H22BrNO4. The van der Waals surface area contributed by atoms with Crippen LogP contribution in [0.25, 0.3) is 0 Å². The molecule has 3 N–H and O–H groups in total. The average Bonchev–Trinajstić information content (AvgIpc) is 2.62. The summed E-state index contributed by atoms with van der Waals surface area (Å²) in [4.78, 5) is 11.6. The van der Waals surface area contributed by atoms with Crippen LogP contribution < -0.4 is 5.32 Å². The highest BCUT2D eigenvalue weighted by Crippen LogP contribution is 2.24. The molecule has 0 spiro atoms. The van der Waals surface area contributed by atoms with Crippen LogP contribution in [0.3, 0.4) is 0 Å². The van der Waals surface area contributed by atoms with E-state index in [1.54, 1.807) is 6.07 Å². The van der Waals surface area contributed by atoms with Crippen LogP contribution in [0.5, 0.6) is 0 Å². The molecule has 1 amide bonds. The number of aryl methyl sites for hydroxylation is 1. The third kappa shape index (κ3) is 6.16. The Morgan fingerprint density at radius 3 is 2.60 bits per heavy atom. The maximum Gasteiger partial charge on any atom is 0.407 e. The fourth-order valence-electron chi connectivity index (χ4n) is 2.33. The Morgan fingerprint density at radius 2 is 1.92 bits per heavy atom. The predicted octanol–water partition coefficient (Wildman–Crippen LogP) is 3.47. The fraction of sp³-hybridized carbons (Fsp3) is 0.316. The van der Waals surface area contributed by atoms with Crippen LogP contribution in [-0.4, -0.2) is 29.0 Å². The minimum absolute atomic E-state index is 0.190. The highest BCUT2D eigenvalue weighted by atomic mass is 79.9. The Balaban J connectivity index is 1.72. The van der Waals surface area contributed by atoms with Crippen molar-refractivity contribution in [3.05, 3.63) is 69.7 Å². The van der Waals surface area contributed by atoms with Gasteiger partial charge < -0.3 is 20.3 Å². The van der Waals surface area contributed by atoms with Gasteiger partial charge in [-0.05, 0) is 36.1 Å². The lowest BCUT2D eigenvalue weighted by molar-refractivity contribution is 0.0136. The summed E-state index contributed by atoms with van der Waals surface area (Å²) >= 11 is 3.40. The summed E-state index contributed by atoms with van der Waals surface area (Å²) < 4.78 is 6.03. The van der Waals surface area contributed by atoms with Crippen molar-refractivity contribution < 1.29 is 19.7 Å². The number of carbonyl (C=O) groups excluding carboxylic acids is 1. The van der Waals surface area contributed by atoms with E-state index in [2.05, 4.69) is 21.2 Å². The van der Waals surface area contributed by atoms with E-state index >= 15 is 0 Å². The lowest BCUT2D eigenvalue weighted by Gasteiger charge is -2.19. The topological polar surface area (TPSA) is 78.8 Å². The van der Waals surface area contributed by atoms with Gasteiger partial charge >= 0.3 is 6.09 Å². The van der Waals surface area contributed by atoms with Crippen molar-refractivity contribution in [3.63, 3.8) is 0 Å². The number of alkyl carbamates (subject to hydrolysis) is 1. The number of carbonyl (C=O) groups is 1. The minimum Gasteiger partial charge on any atom is -0.445 e. The number of hydrogen-bond donors (Lipinski definition) is 3. The number of rotatable bonds is 7. The van der Waals surface area contributed by atoms with Crippen LogP contribution in [0.2, 0.25) is 0 Å². The second-order valence-electron chi connectivity index (χ2n) is 5.80. The lowest BCUT2D eigenvalue weighted by atomic mass is 10.0. The summed E-state index contributed by atoms with van der Waals surface area (Å²) in [6.07, 6.45) is -2.31. The Morgan fingerprint density at radius 1 is 1.20 bits per heavy atom. The molecule has 5 nitrogen and oxygen atoms in total.